The number of nitrogens with two attached hydrogens (primary N) is 1. The third-order valence-corrected chi connectivity index (χ3v) is 11.4. The normalized spacial score (nSPS) is 20.9. The molecule has 0 saturated carbocycles. The van der Waals surface area contributed by atoms with Crippen LogP contribution in [0.3, 0.4) is 0 Å². The zero-order valence-corrected chi connectivity index (χ0v) is 33.4. The Hall–Kier alpha value is -5.49. The van der Waals surface area contributed by atoms with Crippen LogP contribution in [-0.2, 0) is 14.3 Å². The van der Waals surface area contributed by atoms with Gasteiger partial charge in [0.05, 0.1) is 42.0 Å². The molecule has 5 N–H and O–H groups in total. The number of imidazole rings is 2. The Bertz CT molecular complexity index is 2190. The van der Waals surface area contributed by atoms with Gasteiger partial charge >= 0.3 is 6.09 Å². The summed E-state index contributed by atoms with van der Waals surface area (Å²) in [5, 5.41) is 2.73. The van der Waals surface area contributed by atoms with Crippen LogP contribution in [0.4, 0.5) is 4.79 Å². The van der Waals surface area contributed by atoms with Gasteiger partial charge in [-0.25, -0.2) is 14.8 Å². The largest absolute Gasteiger partial charge is 0.453 e. The average Bonchev–Trinajstić information content (AvgIpc) is 4.01. The molecule has 0 spiro atoms. The second-order valence-electron chi connectivity index (χ2n) is 16.5. The minimum Gasteiger partial charge on any atom is -0.453 e. The number of carbonyl (C=O) groups is 3. The lowest BCUT2D eigenvalue weighted by Crippen LogP contribution is -2.51. The summed E-state index contributed by atoms with van der Waals surface area (Å²) in [6.45, 7) is 13.4. The summed E-state index contributed by atoms with van der Waals surface area (Å²) in [5.74, 6) is 2.03. The van der Waals surface area contributed by atoms with Crippen molar-refractivity contribution < 1.29 is 19.1 Å². The molecule has 12 nitrogen and oxygen atoms in total. The van der Waals surface area contributed by atoms with Gasteiger partial charge in [0.15, 0.2) is 0 Å². The van der Waals surface area contributed by atoms with Crippen LogP contribution in [0.25, 0.3) is 44.5 Å². The zero-order valence-electron chi connectivity index (χ0n) is 33.4. The first-order chi connectivity index (χ1) is 26.8. The number of H-pyrrole nitrogens is 2. The highest BCUT2D eigenvalue weighted by molar-refractivity contribution is 5.87. The summed E-state index contributed by atoms with van der Waals surface area (Å²) in [6.07, 6.45) is 2.94. The van der Waals surface area contributed by atoms with E-state index in [1.807, 2.05) is 49.8 Å². The van der Waals surface area contributed by atoms with Crippen LogP contribution in [0, 0.1) is 23.7 Å². The SMILES string of the molecule is COC(=O)N[C@H](C(=O)N1C[C@@H](C)C[C@H]1c1nc2cc(-c3ccc(-c4ccc(-c5c[nH]c([C@H]6C[C@H](C)CN6C(=O)[C@@H](N)C(C)C)n5)cc4)cc3)ccc2[nH]1)C(C)C. The molecule has 0 bridgehead atoms. The van der Waals surface area contributed by atoms with Crippen LogP contribution in [0.2, 0.25) is 0 Å². The average molecular weight is 759 g/mol. The maximum Gasteiger partial charge on any atom is 0.407 e. The molecule has 0 unspecified atom stereocenters. The highest BCUT2D eigenvalue weighted by Crippen LogP contribution is 2.38. The van der Waals surface area contributed by atoms with Crippen molar-refractivity contribution in [3.63, 3.8) is 0 Å². The van der Waals surface area contributed by atoms with E-state index in [2.05, 4.69) is 89.8 Å². The van der Waals surface area contributed by atoms with Gasteiger partial charge in [0.25, 0.3) is 0 Å². The summed E-state index contributed by atoms with van der Waals surface area (Å²) >= 11 is 0. The monoisotopic (exact) mass is 758 g/mol. The summed E-state index contributed by atoms with van der Waals surface area (Å²) in [7, 11) is 1.30. The summed E-state index contributed by atoms with van der Waals surface area (Å²) in [5.41, 5.74) is 14.2. The van der Waals surface area contributed by atoms with Gasteiger partial charge in [0.1, 0.15) is 17.7 Å². The number of amides is 3. The van der Waals surface area contributed by atoms with E-state index < -0.39 is 18.2 Å². The van der Waals surface area contributed by atoms with Gasteiger partial charge in [0.2, 0.25) is 11.8 Å². The molecule has 4 heterocycles. The van der Waals surface area contributed by atoms with Gasteiger partial charge in [-0.3, -0.25) is 9.59 Å². The first-order valence-electron chi connectivity index (χ1n) is 19.8. The lowest BCUT2D eigenvalue weighted by atomic mass is 9.99. The van der Waals surface area contributed by atoms with Crippen molar-refractivity contribution in [2.24, 2.45) is 29.4 Å². The number of alkyl carbamates (subject to hydrolysis) is 1. The second-order valence-corrected chi connectivity index (χ2v) is 16.5. The third-order valence-electron chi connectivity index (χ3n) is 11.4. The Labute approximate surface area is 328 Å². The van der Waals surface area contributed by atoms with Crippen LogP contribution in [0.1, 0.15) is 78.1 Å². The fourth-order valence-electron chi connectivity index (χ4n) is 8.16. The van der Waals surface area contributed by atoms with Gasteiger partial charge in [0, 0.05) is 24.8 Å². The summed E-state index contributed by atoms with van der Waals surface area (Å²) < 4.78 is 4.79. The number of hydrogen-bond donors (Lipinski definition) is 4. The molecule has 7 rings (SSSR count). The van der Waals surface area contributed by atoms with E-state index >= 15 is 0 Å². The van der Waals surface area contributed by atoms with Gasteiger partial charge in [-0.1, -0.05) is 96.1 Å². The summed E-state index contributed by atoms with van der Waals surface area (Å²) in [6, 6.07) is 21.5. The van der Waals surface area contributed by atoms with E-state index in [1.54, 1.807) is 0 Å². The van der Waals surface area contributed by atoms with E-state index in [9.17, 15) is 14.4 Å². The molecule has 0 aliphatic carbocycles. The Morgan fingerprint density at radius 3 is 1.86 bits per heavy atom. The Morgan fingerprint density at radius 1 is 0.750 bits per heavy atom. The highest BCUT2D eigenvalue weighted by atomic mass is 16.5. The van der Waals surface area contributed by atoms with Gasteiger partial charge in [-0.2, -0.15) is 0 Å². The van der Waals surface area contributed by atoms with Gasteiger partial charge in [-0.05, 0) is 70.9 Å². The molecular formula is C44H54N8O4. The molecule has 3 amide bonds. The van der Waals surface area contributed by atoms with E-state index in [-0.39, 0.29) is 41.7 Å². The predicted octanol–water partition coefficient (Wildman–Crippen LogP) is 7.47. The second kappa shape index (κ2) is 15.9. The lowest BCUT2D eigenvalue weighted by molar-refractivity contribution is -0.136. The molecule has 56 heavy (non-hydrogen) atoms. The first-order valence-corrected chi connectivity index (χ1v) is 19.8. The molecule has 12 heteroatoms. The Kier molecular flexibility index (Phi) is 11.0. The van der Waals surface area contributed by atoms with Crippen molar-refractivity contribution in [2.75, 3.05) is 20.2 Å². The van der Waals surface area contributed by atoms with E-state index in [4.69, 9.17) is 20.4 Å². The summed E-state index contributed by atoms with van der Waals surface area (Å²) in [4.78, 5) is 59.5. The maximum atomic E-state index is 13.7. The molecule has 2 aromatic heterocycles. The number of nitrogens with one attached hydrogen (secondary N) is 3. The lowest BCUT2D eigenvalue weighted by Gasteiger charge is -2.30. The molecule has 3 aromatic carbocycles. The van der Waals surface area contributed by atoms with Gasteiger partial charge < -0.3 is 35.6 Å². The maximum absolute atomic E-state index is 13.7. The predicted molar refractivity (Wildman–Crippen MR) is 218 cm³/mol. The van der Waals surface area contributed by atoms with Crippen molar-refractivity contribution in [1.29, 1.82) is 0 Å². The topological polar surface area (TPSA) is 162 Å². The molecular weight excluding hydrogens is 705 g/mol. The van der Waals surface area contributed by atoms with Crippen LogP contribution in [0.15, 0.2) is 72.9 Å². The molecule has 2 aliphatic rings. The van der Waals surface area contributed by atoms with Gasteiger partial charge in [-0.15, -0.1) is 0 Å². The minimum absolute atomic E-state index is 0.0120. The van der Waals surface area contributed by atoms with Crippen molar-refractivity contribution in [3.8, 4) is 33.5 Å². The molecule has 2 aliphatic heterocycles. The van der Waals surface area contributed by atoms with Crippen LogP contribution < -0.4 is 11.1 Å². The fourth-order valence-corrected chi connectivity index (χ4v) is 8.16. The van der Waals surface area contributed by atoms with Crippen molar-refractivity contribution in [2.45, 2.75) is 78.6 Å². The Morgan fingerprint density at radius 2 is 1.29 bits per heavy atom. The standard InChI is InChI=1S/C44H54N8O4/c1-24(2)38(45)42(53)51-22-26(5)18-36(51)40-46-21-35(49-40)31-14-12-29(13-15-31)28-8-10-30(11-9-28)32-16-17-33-34(20-32)48-41(47-33)37-19-27(6)23-52(37)43(54)39(25(3)4)50-44(55)56-7/h8-17,20-21,24-27,36-39H,18-19,22-23,45H2,1-7H3,(H,46,49)(H,47,48)(H,50,55)/t26-,27-,36+,37-,38-,39-/m0/s1. The molecule has 5 aromatic rings. The number of benzene rings is 3. The number of likely N-dealkylation sites (tertiary alicyclic amines) is 2. The quantitative estimate of drug-likeness (QED) is 0.115. The third kappa shape index (κ3) is 7.80. The molecule has 0 radical (unpaired) electrons. The van der Waals surface area contributed by atoms with Crippen LogP contribution in [0.5, 0.6) is 0 Å². The number of hydrogen-bond acceptors (Lipinski definition) is 7. The number of carbonyl (C=O) groups excluding carboxylic acids is 3. The Balaban J connectivity index is 1.04. The molecule has 2 saturated heterocycles. The molecule has 6 atom stereocenters. The number of ether oxygens (including phenoxy) is 1. The van der Waals surface area contributed by atoms with Crippen molar-refractivity contribution >= 4 is 28.9 Å². The molecule has 2 fully saturated rings. The van der Waals surface area contributed by atoms with Crippen LogP contribution >= 0.6 is 0 Å². The minimum atomic E-state index is -0.692. The van der Waals surface area contributed by atoms with E-state index in [0.29, 0.717) is 19.0 Å². The zero-order chi connectivity index (χ0) is 39.8. The molecule has 294 valence electrons. The number of methoxy groups -OCH3 is 1. The van der Waals surface area contributed by atoms with Crippen molar-refractivity contribution in [3.05, 3.63) is 84.6 Å². The fraction of sp³-hybridized carbons (Fsp3) is 0.432. The van der Waals surface area contributed by atoms with E-state index in [1.165, 1.54) is 7.11 Å². The first kappa shape index (κ1) is 38.8. The number of rotatable bonds is 10. The van der Waals surface area contributed by atoms with Crippen molar-refractivity contribution in [1.82, 2.24) is 35.1 Å². The number of nitrogens with zero attached hydrogens (tertiary/aromatic N) is 4. The number of fused-ring (bicyclic) bond motifs is 1. The number of aromatic amines is 2. The highest BCUT2D eigenvalue weighted by Gasteiger charge is 2.41. The smallest absolute Gasteiger partial charge is 0.407 e. The van der Waals surface area contributed by atoms with E-state index in [0.717, 1.165) is 69.0 Å². The number of aromatic nitrogens is 4. The van der Waals surface area contributed by atoms with Crippen LogP contribution in [-0.4, -0.2) is 79.9 Å².